The van der Waals surface area contributed by atoms with E-state index in [2.05, 4.69) is 28.3 Å². The van der Waals surface area contributed by atoms with Crippen LogP contribution in [0.15, 0.2) is 18.5 Å². The molecule has 1 atom stereocenters. The third-order valence-electron chi connectivity index (χ3n) is 3.99. The minimum Gasteiger partial charge on any atom is -0.491 e. The smallest absolute Gasteiger partial charge is 0.137 e. The highest BCUT2D eigenvalue weighted by Gasteiger charge is 2.22. The molecule has 0 aromatic carbocycles. The lowest BCUT2D eigenvalue weighted by atomic mass is 10.1. The van der Waals surface area contributed by atoms with E-state index in [4.69, 9.17) is 10.5 Å². The average molecular weight is 292 g/mol. The molecule has 1 aromatic rings. The number of pyridine rings is 1. The summed E-state index contributed by atoms with van der Waals surface area (Å²) in [6, 6.07) is 2.63. The zero-order valence-electron chi connectivity index (χ0n) is 13.1. The molecule has 2 heterocycles. The summed E-state index contributed by atoms with van der Waals surface area (Å²) >= 11 is 0. The number of nitrogens with two attached hydrogens (primary N) is 1. The Hall–Kier alpha value is -1.17. The highest BCUT2D eigenvalue weighted by Crippen LogP contribution is 2.31. The molecule has 0 saturated carbocycles. The van der Waals surface area contributed by atoms with Crippen molar-refractivity contribution >= 4 is 0 Å². The average Bonchev–Trinajstić information content (AvgIpc) is 2.93. The quantitative estimate of drug-likeness (QED) is 0.676. The zero-order chi connectivity index (χ0) is 14.9. The number of ether oxygens (including phenoxy) is 1. The van der Waals surface area contributed by atoms with Crippen LogP contribution >= 0.6 is 0 Å². The van der Waals surface area contributed by atoms with Gasteiger partial charge in [0.2, 0.25) is 0 Å². The predicted octanol–water partition coefficient (Wildman–Crippen LogP) is 1.56. The molecule has 0 spiro atoms. The number of unbranched alkanes of at least 4 members (excludes halogenated alkanes) is 1. The van der Waals surface area contributed by atoms with E-state index in [0.29, 0.717) is 12.6 Å². The van der Waals surface area contributed by atoms with Crippen LogP contribution in [-0.2, 0) is 0 Å². The SMILES string of the molecule is CN1CCC[C@H]1c1cncc(OCCNCCCCN)c1. The summed E-state index contributed by atoms with van der Waals surface area (Å²) in [6.07, 6.45) is 8.44. The first-order chi connectivity index (χ1) is 10.3. The van der Waals surface area contributed by atoms with Gasteiger partial charge in [-0.05, 0) is 64.0 Å². The van der Waals surface area contributed by atoms with Gasteiger partial charge in [-0.3, -0.25) is 9.88 Å². The van der Waals surface area contributed by atoms with Gasteiger partial charge in [0.05, 0.1) is 6.20 Å². The van der Waals surface area contributed by atoms with Gasteiger partial charge in [0.1, 0.15) is 12.4 Å². The summed E-state index contributed by atoms with van der Waals surface area (Å²) < 4.78 is 5.78. The van der Waals surface area contributed by atoms with Crippen LogP contribution in [0, 0.1) is 0 Å². The van der Waals surface area contributed by atoms with Gasteiger partial charge in [0, 0.05) is 18.8 Å². The maximum Gasteiger partial charge on any atom is 0.137 e. The van der Waals surface area contributed by atoms with Crippen LogP contribution in [0.2, 0.25) is 0 Å². The van der Waals surface area contributed by atoms with Crippen LogP contribution in [-0.4, -0.2) is 49.7 Å². The van der Waals surface area contributed by atoms with Crippen molar-refractivity contribution in [2.45, 2.75) is 31.7 Å². The summed E-state index contributed by atoms with van der Waals surface area (Å²) in [5.41, 5.74) is 6.73. The second-order valence-corrected chi connectivity index (χ2v) is 5.69. The Morgan fingerprint density at radius 1 is 1.38 bits per heavy atom. The number of likely N-dealkylation sites (tertiary alicyclic amines) is 1. The minimum absolute atomic E-state index is 0.496. The van der Waals surface area contributed by atoms with Crippen molar-refractivity contribution in [3.8, 4) is 5.75 Å². The monoisotopic (exact) mass is 292 g/mol. The van der Waals surface area contributed by atoms with Crippen molar-refractivity contribution in [2.75, 3.05) is 39.8 Å². The molecular weight excluding hydrogens is 264 g/mol. The Morgan fingerprint density at radius 2 is 2.29 bits per heavy atom. The van der Waals surface area contributed by atoms with Crippen molar-refractivity contribution in [3.63, 3.8) is 0 Å². The van der Waals surface area contributed by atoms with Gasteiger partial charge < -0.3 is 15.8 Å². The molecule has 21 heavy (non-hydrogen) atoms. The molecule has 1 aliphatic rings. The molecule has 118 valence electrons. The third-order valence-corrected chi connectivity index (χ3v) is 3.99. The van der Waals surface area contributed by atoms with Crippen molar-refractivity contribution in [2.24, 2.45) is 5.73 Å². The molecule has 5 nitrogen and oxygen atoms in total. The van der Waals surface area contributed by atoms with Gasteiger partial charge in [0.25, 0.3) is 0 Å². The van der Waals surface area contributed by atoms with E-state index in [1.54, 1.807) is 6.20 Å². The molecule has 3 N–H and O–H groups in total. The first kappa shape index (κ1) is 16.2. The first-order valence-corrected chi connectivity index (χ1v) is 8.00. The second-order valence-electron chi connectivity index (χ2n) is 5.69. The molecule has 0 bridgehead atoms. The van der Waals surface area contributed by atoms with Crippen LogP contribution in [0.25, 0.3) is 0 Å². The number of rotatable bonds is 9. The summed E-state index contributed by atoms with van der Waals surface area (Å²) in [5, 5.41) is 3.36. The second kappa shape index (κ2) is 8.97. The Balaban J connectivity index is 1.71. The van der Waals surface area contributed by atoms with Crippen LogP contribution in [0.5, 0.6) is 5.75 Å². The van der Waals surface area contributed by atoms with Crippen molar-refractivity contribution in [3.05, 3.63) is 24.0 Å². The fourth-order valence-electron chi connectivity index (χ4n) is 2.79. The van der Waals surface area contributed by atoms with E-state index in [9.17, 15) is 0 Å². The normalized spacial score (nSPS) is 19.0. The van der Waals surface area contributed by atoms with E-state index in [1.165, 1.54) is 24.9 Å². The van der Waals surface area contributed by atoms with Crippen molar-refractivity contribution < 1.29 is 4.74 Å². The number of nitrogens with zero attached hydrogens (tertiary/aromatic N) is 2. The molecule has 0 amide bonds. The predicted molar refractivity (Wildman–Crippen MR) is 85.5 cm³/mol. The van der Waals surface area contributed by atoms with E-state index < -0.39 is 0 Å². The molecule has 2 rings (SSSR count). The molecule has 1 aromatic heterocycles. The fraction of sp³-hybridized carbons (Fsp3) is 0.688. The molecule has 0 unspecified atom stereocenters. The fourth-order valence-corrected chi connectivity index (χ4v) is 2.79. The van der Waals surface area contributed by atoms with Gasteiger partial charge >= 0.3 is 0 Å². The first-order valence-electron chi connectivity index (χ1n) is 8.00. The summed E-state index contributed by atoms with van der Waals surface area (Å²) in [5.74, 6) is 0.872. The van der Waals surface area contributed by atoms with Gasteiger partial charge in [-0.25, -0.2) is 0 Å². The van der Waals surface area contributed by atoms with Gasteiger partial charge in [-0.15, -0.1) is 0 Å². The standard InChI is InChI=1S/C16H28N4O/c1-20-9-4-5-16(20)14-11-15(13-19-12-14)21-10-8-18-7-3-2-6-17/h11-13,16,18H,2-10,17H2,1H3/t16-/m0/s1. The molecule has 0 aliphatic carbocycles. The highest BCUT2D eigenvalue weighted by atomic mass is 16.5. The number of nitrogens with one attached hydrogen (secondary N) is 1. The Bertz CT molecular complexity index is 413. The van der Waals surface area contributed by atoms with Crippen molar-refractivity contribution in [1.29, 1.82) is 0 Å². The van der Waals surface area contributed by atoms with Crippen LogP contribution in [0.3, 0.4) is 0 Å². The van der Waals surface area contributed by atoms with Gasteiger partial charge in [-0.1, -0.05) is 0 Å². The summed E-state index contributed by atoms with van der Waals surface area (Å²) in [4.78, 5) is 6.71. The Labute approximate surface area is 127 Å². The topological polar surface area (TPSA) is 63.4 Å². The molecule has 1 fully saturated rings. The maximum absolute atomic E-state index is 5.78. The summed E-state index contributed by atoms with van der Waals surface area (Å²) in [7, 11) is 2.18. The molecule has 1 saturated heterocycles. The highest BCUT2D eigenvalue weighted by molar-refractivity contribution is 5.26. The largest absolute Gasteiger partial charge is 0.491 e. The van der Waals surface area contributed by atoms with Crippen LogP contribution in [0.4, 0.5) is 0 Å². The lowest BCUT2D eigenvalue weighted by Crippen LogP contribution is -2.22. The Kier molecular flexibility index (Phi) is 6.92. The number of hydrogen-bond acceptors (Lipinski definition) is 5. The Morgan fingerprint density at radius 3 is 3.05 bits per heavy atom. The van der Waals surface area contributed by atoms with Gasteiger partial charge in [-0.2, -0.15) is 0 Å². The van der Waals surface area contributed by atoms with E-state index >= 15 is 0 Å². The molecule has 0 radical (unpaired) electrons. The molecule has 5 heteroatoms. The number of hydrogen-bond donors (Lipinski definition) is 2. The molecular formula is C16H28N4O. The van der Waals surface area contributed by atoms with Crippen LogP contribution < -0.4 is 15.8 Å². The van der Waals surface area contributed by atoms with Gasteiger partial charge in [0.15, 0.2) is 0 Å². The van der Waals surface area contributed by atoms with Crippen LogP contribution in [0.1, 0.15) is 37.3 Å². The maximum atomic E-state index is 5.78. The number of aromatic nitrogens is 1. The lowest BCUT2D eigenvalue weighted by molar-refractivity contribution is 0.303. The van der Waals surface area contributed by atoms with E-state index in [0.717, 1.165) is 38.2 Å². The minimum atomic E-state index is 0.496. The van der Waals surface area contributed by atoms with E-state index in [1.807, 2.05) is 6.20 Å². The third kappa shape index (κ3) is 5.26. The lowest BCUT2D eigenvalue weighted by Gasteiger charge is -2.19. The summed E-state index contributed by atoms with van der Waals surface area (Å²) in [6.45, 7) is 4.48. The zero-order valence-corrected chi connectivity index (χ0v) is 13.1. The molecule has 1 aliphatic heterocycles. The van der Waals surface area contributed by atoms with E-state index in [-0.39, 0.29) is 0 Å². The van der Waals surface area contributed by atoms with Crippen molar-refractivity contribution in [1.82, 2.24) is 15.2 Å².